The van der Waals surface area contributed by atoms with Gasteiger partial charge in [0.1, 0.15) is 0 Å². The van der Waals surface area contributed by atoms with Crippen molar-refractivity contribution < 1.29 is 4.79 Å². The van der Waals surface area contributed by atoms with Crippen LogP contribution in [0.4, 0.5) is 0 Å². The molecule has 0 spiro atoms. The Morgan fingerprint density at radius 1 is 1.00 bits per heavy atom. The summed E-state index contributed by atoms with van der Waals surface area (Å²) in [5.41, 5.74) is 2.49. The molecule has 0 radical (unpaired) electrons. The molecule has 1 atom stereocenters. The van der Waals surface area contributed by atoms with E-state index in [4.69, 9.17) is 0 Å². The van der Waals surface area contributed by atoms with Crippen LogP contribution >= 0.6 is 0 Å². The number of hydrogen-bond acceptors (Lipinski definition) is 1. The number of amides is 1. The molecule has 1 heterocycles. The van der Waals surface area contributed by atoms with Gasteiger partial charge in [-0.2, -0.15) is 0 Å². The highest BCUT2D eigenvalue weighted by Crippen LogP contribution is 2.33. The molecule has 0 aromatic heterocycles. The largest absolute Gasteiger partial charge is 0.335 e. The Hall–Kier alpha value is -2.09. The fourth-order valence-electron chi connectivity index (χ4n) is 2.75. The number of carbonyl (C=O) groups is 1. The van der Waals surface area contributed by atoms with Crippen molar-refractivity contribution in [3.05, 3.63) is 71.8 Å². The summed E-state index contributed by atoms with van der Waals surface area (Å²) in [6.45, 7) is 0.896. The van der Waals surface area contributed by atoms with Crippen molar-refractivity contribution >= 4 is 5.91 Å². The summed E-state index contributed by atoms with van der Waals surface area (Å²) in [5.74, 6) is 0.272. The standard InChI is InChI=1S/C18H19NO/c20-18(12-11-15-7-3-1-4-8-15)19-14-13-17(19)16-9-5-2-6-10-16/h1-10,17H,11-14H2/t17-/m0/s1. The quantitative estimate of drug-likeness (QED) is 0.827. The van der Waals surface area contributed by atoms with Crippen LogP contribution in [0.3, 0.4) is 0 Å². The van der Waals surface area contributed by atoms with Gasteiger partial charge in [-0.25, -0.2) is 0 Å². The van der Waals surface area contributed by atoms with Gasteiger partial charge in [0.25, 0.3) is 0 Å². The summed E-state index contributed by atoms with van der Waals surface area (Å²) in [6, 6.07) is 20.8. The molecule has 2 aromatic rings. The van der Waals surface area contributed by atoms with Gasteiger partial charge < -0.3 is 4.90 Å². The molecule has 1 aliphatic rings. The number of hydrogen-bond donors (Lipinski definition) is 0. The first-order valence-electron chi connectivity index (χ1n) is 7.23. The van der Waals surface area contributed by atoms with Crippen LogP contribution < -0.4 is 0 Å². The minimum Gasteiger partial charge on any atom is -0.335 e. The molecule has 0 unspecified atom stereocenters. The minimum absolute atomic E-state index is 0.272. The summed E-state index contributed by atoms with van der Waals surface area (Å²) in [7, 11) is 0. The maximum atomic E-state index is 12.3. The fraction of sp³-hybridized carbons (Fsp3) is 0.278. The molecular weight excluding hydrogens is 246 g/mol. The van der Waals surface area contributed by atoms with Crippen LogP contribution in [-0.2, 0) is 11.2 Å². The Bertz CT molecular complexity index is 564. The van der Waals surface area contributed by atoms with Crippen molar-refractivity contribution in [3.8, 4) is 0 Å². The van der Waals surface area contributed by atoms with E-state index in [9.17, 15) is 4.79 Å². The molecule has 3 rings (SSSR count). The van der Waals surface area contributed by atoms with Crippen LogP contribution in [0.1, 0.15) is 30.0 Å². The van der Waals surface area contributed by atoms with Gasteiger partial charge in [0.15, 0.2) is 0 Å². The minimum atomic E-state index is 0.272. The van der Waals surface area contributed by atoms with Gasteiger partial charge in [-0.1, -0.05) is 60.7 Å². The lowest BCUT2D eigenvalue weighted by molar-refractivity contribution is -0.139. The molecule has 0 saturated carbocycles. The molecule has 1 saturated heterocycles. The second-order valence-corrected chi connectivity index (χ2v) is 5.29. The van der Waals surface area contributed by atoms with E-state index in [1.807, 2.05) is 41.3 Å². The van der Waals surface area contributed by atoms with Gasteiger partial charge in [-0.3, -0.25) is 4.79 Å². The molecular formula is C18H19NO. The van der Waals surface area contributed by atoms with Crippen molar-refractivity contribution in [1.29, 1.82) is 0 Å². The Labute approximate surface area is 120 Å². The van der Waals surface area contributed by atoms with E-state index in [0.29, 0.717) is 12.5 Å². The van der Waals surface area contributed by atoms with Gasteiger partial charge in [0.05, 0.1) is 6.04 Å². The van der Waals surface area contributed by atoms with Crippen molar-refractivity contribution in [2.75, 3.05) is 6.54 Å². The third-order valence-electron chi connectivity index (χ3n) is 3.99. The number of benzene rings is 2. The van der Waals surface area contributed by atoms with Gasteiger partial charge in [-0.05, 0) is 24.0 Å². The SMILES string of the molecule is O=C(CCc1ccccc1)N1CC[C@H]1c1ccccc1. The molecule has 0 bridgehead atoms. The van der Waals surface area contributed by atoms with Crippen molar-refractivity contribution in [1.82, 2.24) is 4.90 Å². The highest BCUT2D eigenvalue weighted by molar-refractivity contribution is 5.77. The molecule has 1 fully saturated rings. The molecule has 1 amide bonds. The summed E-state index contributed by atoms with van der Waals surface area (Å²) >= 11 is 0. The van der Waals surface area contributed by atoms with Gasteiger partial charge in [-0.15, -0.1) is 0 Å². The van der Waals surface area contributed by atoms with Gasteiger partial charge >= 0.3 is 0 Å². The highest BCUT2D eigenvalue weighted by atomic mass is 16.2. The monoisotopic (exact) mass is 265 g/mol. The predicted octanol–water partition coefficient (Wildman–Crippen LogP) is 3.59. The molecule has 1 aliphatic heterocycles. The number of carbonyl (C=O) groups excluding carboxylic acids is 1. The molecule has 2 aromatic carbocycles. The van der Waals surface area contributed by atoms with Crippen LogP contribution in [0.2, 0.25) is 0 Å². The number of nitrogens with zero attached hydrogens (tertiary/aromatic N) is 1. The van der Waals surface area contributed by atoms with Crippen molar-refractivity contribution in [2.45, 2.75) is 25.3 Å². The zero-order valence-corrected chi connectivity index (χ0v) is 11.5. The summed E-state index contributed by atoms with van der Waals surface area (Å²) in [5, 5.41) is 0. The number of likely N-dealkylation sites (tertiary alicyclic amines) is 1. The first-order valence-corrected chi connectivity index (χ1v) is 7.23. The van der Waals surface area contributed by atoms with E-state index in [1.165, 1.54) is 11.1 Å². The lowest BCUT2D eigenvalue weighted by Gasteiger charge is -2.41. The van der Waals surface area contributed by atoms with Crippen LogP contribution in [0.5, 0.6) is 0 Å². The third-order valence-corrected chi connectivity index (χ3v) is 3.99. The van der Waals surface area contributed by atoms with Crippen LogP contribution in [0.15, 0.2) is 60.7 Å². The smallest absolute Gasteiger partial charge is 0.223 e. The Balaban J connectivity index is 1.58. The maximum Gasteiger partial charge on any atom is 0.223 e. The van der Waals surface area contributed by atoms with E-state index in [1.54, 1.807) is 0 Å². The number of aryl methyl sites for hydroxylation is 1. The fourth-order valence-corrected chi connectivity index (χ4v) is 2.75. The molecule has 0 N–H and O–H groups in total. The summed E-state index contributed by atoms with van der Waals surface area (Å²) < 4.78 is 0. The second-order valence-electron chi connectivity index (χ2n) is 5.29. The van der Waals surface area contributed by atoms with E-state index in [-0.39, 0.29) is 5.91 Å². The van der Waals surface area contributed by atoms with E-state index < -0.39 is 0 Å². The molecule has 102 valence electrons. The van der Waals surface area contributed by atoms with Crippen molar-refractivity contribution in [2.24, 2.45) is 0 Å². The predicted molar refractivity (Wildman–Crippen MR) is 80.3 cm³/mol. The maximum absolute atomic E-state index is 12.3. The lowest BCUT2D eigenvalue weighted by Crippen LogP contribution is -2.45. The molecule has 2 heteroatoms. The lowest BCUT2D eigenvalue weighted by atomic mass is 9.94. The first-order chi connectivity index (χ1) is 9.84. The molecule has 2 nitrogen and oxygen atoms in total. The number of rotatable bonds is 4. The van der Waals surface area contributed by atoms with E-state index in [2.05, 4.69) is 24.3 Å². The van der Waals surface area contributed by atoms with Crippen LogP contribution in [0.25, 0.3) is 0 Å². The molecule has 0 aliphatic carbocycles. The Morgan fingerprint density at radius 2 is 1.65 bits per heavy atom. The zero-order chi connectivity index (χ0) is 13.8. The topological polar surface area (TPSA) is 20.3 Å². The van der Waals surface area contributed by atoms with Crippen LogP contribution in [0, 0.1) is 0 Å². The van der Waals surface area contributed by atoms with Gasteiger partial charge in [0.2, 0.25) is 5.91 Å². The average molecular weight is 265 g/mol. The summed E-state index contributed by atoms with van der Waals surface area (Å²) in [4.78, 5) is 14.3. The Morgan fingerprint density at radius 3 is 2.25 bits per heavy atom. The average Bonchev–Trinajstić information content (AvgIpc) is 2.46. The van der Waals surface area contributed by atoms with Crippen molar-refractivity contribution in [3.63, 3.8) is 0 Å². The van der Waals surface area contributed by atoms with Gasteiger partial charge in [0, 0.05) is 13.0 Å². The zero-order valence-electron chi connectivity index (χ0n) is 11.5. The second kappa shape index (κ2) is 5.91. The third kappa shape index (κ3) is 2.74. The molecule has 20 heavy (non-hydrogen) atoms. The Kier molecular flexibility index (Phi) is 3.82. The van der Waals surface area contributed by atoms with E-state index in [0.717, 1.165) is 19.4 Å². The van der Waals surface area contributed by atoms with E-state index >= 15 is 0 Å². The first kappa shape index (κ1) is 12.9. The van der Waals surface area contributed by atoms with Crippen LogP contribution in [-0.4, -0.2) is 17.4 Å². The summed E-state index contributed by atoms with van der Waals surface area (Å²) in [6.07, 6.45) is 2.52. The normalized spacial score (nSPS) is 17.6. The highest BCUT2D eigenvalue weighted by Gasteiger charge is 2.32.